The Kier molecular flexibility index (Phi) is 7.56. The highest BCUT2D eigenvalue weighted by Gasteiger charge is 2.22. The van der Waals surface area contributed by atoms with Crippen LogP contribution >= 0.6 is 15.5 Å². The molecule has 2 aromatic heterocycles. The van der Waals surface area contributed by atoms with Crippen molar-refractivity contribution in [1.82, 2.24) is 10.1 Å². The lowest BCUT2D eigenvalue weighted by molar-refractivity contribution is 0.306. The molecule has 2 heterocycles. The minimum absolute atomic E-state index is 0.137. The van der Waals surface area contributed by atoms with Gasteiger partial charge in [-0.15, -0.1) is 0 Å². The van der Waals surface area contributed by atoms with Crippen LogP contribution in [0.3, 0.4) is 0 Å². The standard InChI is InChI=1S/C22H22N4O8P2/c27-35(28,29)25-21-11-10-19(22(23-21)26-36(30,31)32)20-13-17(24-34-20)12-15-6-8-18(9-7-15)33-14-16-4-2-1-3-5-16/h1-11,13H,12,14H2,(H6,23,25,26,27,28,29,30,31,32). The van der Waals surface area contributed by atoms with Crippen LogP contribution in [0.2, 0.25) is 0 Å². The van der Waals surface area contributed by atoms with E-state index in [0.29, 0.717) is 24.5 Å². The van der Waals surface area contributed by atoms with Gasteiger partial charge in [0, 0.05) is 12.5 Å². The van der Waals surface area contributed by atoms with Crippen LogP contribution in [-0.2, 0) is 22.2 Å². The molecule has 2 aromatic carbocycles. The summed E-state index contributed by atoms with van der Waals surface area (Å²) in [4.78, 5) is 40.6. The van der Waals surface area contributed by atoms with E-state index in [9.17, 15) is 18.9 Å². The molecule has 4 aromatic rings. The van der Waals surface area contributed by atoms with E-state index in [4.69, 9.17) is 19.0 Å². The molecule has 14 heteroatoms. The number of ether oxygens (including phenoxy) is 1. The molecule has 0 aliphatic rings. The van der Waals surface area contributed by atoms with Gasteiger partial charge >= 0.3 is 15.5 Å². The third-order valence-corrected chi connectivity index (χ3v) is 5.81. The summed E-state index contributed by atoms with van der Waals surface area (Å²) in [6.07, 6.45) is 0.412. The fraction of sp³-hybridized carbons (Fsp3) is 0.0909. The van der Waals surface area contributed by atoms with Gasteiger partial charge in [-0.25, -0.2) is 14.1 Å². The number of pyridine rings is 1. The largest absolute Gasteiger partial charge is 0.489 e. The maximum absolute atomic E-state index is 11.5. The zero-order valence-electron chi connectivity index (χ0n) is 18.6. The Bertz CT molecular complexity index is 1420. The van der Waals surface area contributed by atoms with Crippen LogP contribution in [-0.4, -0.2) is 29.7 Å². The predicted molar refractivity (Wildman–Crippen MR) is 131 cm³/mol. The van der Waals surface area contributed by atoms with Crippen molar-refractivity contribution in [2.24, 2.45) is 0 Å². The van der Waals surface area contributed by atoms with Gasteiger partial charge in [-0.05, 0) is 35.4 Å². The predicted octanol–water partition coefficient (Wildman–Crippen LogP) is 3.92. The first-order chi connectivity index (χ1) is 17.0. The molecule has 4 rings (SSSR count). The summed E-state index contributed by atoms with van der Waals surface area (Å²) in [5, 5.41) is 7.79. The minimum Gasteiger partial charge on any atom is -0.489 e. The summed E-state index contributed by atoms with van der Waals surface area (Å²) in [7, 11) is -9.48. The van der Waals surface area contributed by atoms with Crippen molar-refractivity contribution in [2.75, 3.05) is 10.2 Å². The Morgan fingerprint density at radius 3 is 2.19 bits per heavy atom. The number of rotatable bonds is 10. The third-order valence-electron chi connectivity index (χ3n) is 4.79. The van der Waals surface area contributed by atoms with E-state index in [1.54, 1.807) is 6.07 Å². The maximum atomic E-state index is 11.5. The van der Waals surface area contributed by atoms with Gasteiger partial charge in [0.2, 0.25) is 0 Å². The molecule has 36 heavy (non-hydrogen) atoms. The van der Waals surface area contributed by atoms with Crippen LogP contribution in [0.15, 0.2) is 77.3 Å². The fourth-order valence-corrected chi connectivity index (χ4v) is 4.14. The molecule has 0 unspecified atom stereocenters. The maximum Gasteiger partial charge on any atom is 0.428 e. The van der Waals surface area contributed by atoms with Crippen molar-refractivity contribution in [3.63, 3.8) is 0 Å². The van der Waals surface area contributed by atoms with Gasteiger partial charge in [-0.1, -0.05) is 47.6 Å². The molecular weight excluding hydrogens is 510 g/mol. The topological polar surface area (TPSA) is 187 Å². The average Bonchev–Trinajstić information content (AvgIpc) is 3.25. The molecule has 0 radical (unpaired) electrons. The Hall–Kier alpha value is -3.50. The first kappa shape index (κ1) is 25.6. The van der Waals surface area contributed by atoms with Gasteiger partial charge in [-0.2, -0.15) is 0 Å². The van der Waals surface area contributed by atoms with Crippen LogP contribution in [0.25, 0.3) is 11.3 Å². The molecule has 0 spiro atoms. The molecule has 0 fully saturated rings. The summed E-state index contributed by atoms with van der Waals surface area (Å²) in [5.74, 6) is 0.229. The van der Waals surface area contributed by atoms with Crippen molar-refractivity contribution >= 4 is 27.1 Å². The molecule has 0 aliphatic heterocycles. The monoisotopic (exact) mass is 532 g/mol. The van der Waals surface area contributed by atoms with Crippen LogP contribution < -0.4 is 14.9 Å². The summed E-state index contributed by atoms with van der Waals surface area (Å²) in [6.45, 7) is 0.453. The van der Waals surface area contributed by atoms with Crippen molar-refractivity contribution in [3.8, 4) is 17.1 Å². The second-order valence-electron chi connectivity index (χ2n) is 7.68. The molecule has 188 valence electrons. The van der Waals surface area contributed by atoms with Crippen LogP contribution in [0.5, 0.6) is 5.75 Å². The quantitative estimate of drug-likeness (QED) is 0.162. The van der Waals surface area contributed by atoms with Gasteiger partial charge in [0.25, 0.3) is 0 Å². The molecule has 0 saturated heterocycles. The molecule has 0 amide bonds. The lowest BCUT2D eigenvalue weighted by Crippen LogP contribution is -2.03. The number of nitrogens with zero attached hydrogens (tertiary/aromatic N) is 2. The second kappa shape index (κ2) is 10.6. The van der Waals surface area contributed by atoms with E-state index in [-0.39, 0.29) is 23.0 Å². The van der Waals surface area contributed by atoms with Gasteiger partial charge in [-0.3, -0.25) is 10.2 Å². The highest BCUT2D eigenvalue weighted by atomic mass is 31.2. The Morgan fingerprint density at radius 1 is 0.833 bits per heavy atom. The fourth-order valence-electron chi connectivity index (χ4n) is 3.27. The molecule has 0 atom stereocenters. The first-order valence-electron chi connectivity index (χ1n) is 10.4. The van der Waals surface area contributed by atoms with Crippen molar-refractivity contribution < 1.29 is 38.0 Å². The zero-order valence-corrected chi connectivity index (χ0v) is 20.3. The van der Waals surface area contributed by atoms with Crippen molar-refractivity contribution in [3.05, 3.63) is 89.6 Å². The zero-order chi connectivity index (χ0) is 25.8. The first-order valence-corrected chi connectivity index (χ1v) is 13.7. The number of hydrogen-bond acceptors (Lipinski definition) is 6. The van der Waals surface area contributed by atoms with Crippen LogP contribution in [0, 0.1) is 0 Å². The van der Waals surface area contributed by atoms with E-state index in [1.807, 2.05) is 64.8 Å². The van der Waals surface area contributed by atoms with Crippen molar-refractivity contribution in [2.45, 2.75) is 13.0 Å². The highest BCUT2D eigenvalue weighted by molar-refractivity contribution is 7.53. The average molecular weight is 532 g/mol. The van der Waals surface area contributed by atoms with E-state index in [1.165, 1.54) is 12.1 Å². The Labute approximate surface area is 205 Å². The summed E-state index contributed by atoms with van der Waals surface area (Å²) in [5.41, 5.74) is 2.67. The summed E-state index contributed by atoms with van der Waals surface area (Å²) < 4.78 is 33.8. The van der Waals surface area contributed by atoms with Gasteiger partial charge in [0.05, 0.1) is 11.3 Å². The Balaban J connectivity index is 1.48. The lowest BCUT2D eigenvalue weighted by atomic mass is 10.1. The number of benzene rings is 2. The third kappa shape index (κ3) is 7.50. The van der Waals surface area contributed by atoms with Gasteiger partial charge in [0.15, 0.2) is 5.76 Å². The Morgan fingerprint density at radius 2 is 1.53 bits per heavy atom. The normalized spacial score (nSPS) is 11.8. The van der Waals surface area contributed by atoms with Crippen molar-refractivity contribution in [1.29, 1.82) is 0 Å². The van der Waals surface area contributed by atoms with E-state index < -0.39 is 15.5 Å². The highest BCUT2D eigenvalue weighted by Crippen LogP contribution is 2.41. The number of aromatic nitrogens is 2. The second-order valence-corrected chi connectivity index (χ2v) is 10.3. The molecule has 0 bridgehead atoms. The van der Waals surface area contributed by atoms with E-state index >= 15 is 0 Å². The van der Waals surface area contributed by atoms with Crippen LogP contribution in [0.4, 0.5) is 11.6 Å². The molecule has 12 nitrogen and oxygen atoms in total. The lowest BCUT2D eigenvalue weighted by Gasteiger charge is -2.13. The van der Waals surface area contributed by atoms with Gasteiger partial charge < -0.3 is 28.8 Å². The summed E-state index contributed by atoms with van der Waals surface area (Å²) >= 11 is 0. The van der Waals surface area contributed by atoms with E-state index in [2.05, 4.69) is 10.1 Å². The van der Waals surface area contributed by atoms with Gasteiger partial charge in [0.1, 0.15) is 24.0 Å². The SMILES string of the molecule is O=P(O)(O)Nc1ccc(-c2cc(Cc3ccc(OCc4ccccc4)cc3)no2)c(NP(=O)(O)O)n1. The molecule has 0 saturated carbocycles. The smallest absolute Gasteiger partial charge is 0.428 e. The van der Waals surface area contributed by atoms with E-state index in [0.717, 1.165) is 11.1 Å². The minimum atomic E-state index is -4.79. The summed E-state index contributed by atoms with van der Waals surface area (Å²) in [6, 6.07) is 21.4. The molecule has 6 N–H and O–H groups in total. The molecular formula is C22H22N4O8P2. The number of hydrogen-bond donors (Lipinski definition) is 6. The van der Waals surface area contributed by atoms with Crippen LogP contribution in [0.1, 0.15) is 16.8 Å². The number of anilines is 2. The molecule has 0 aliphatic carbocycles. The number of nitrogens with one attached hydrogen (secondary N) is 2.